The maximum absolute atomic E-state index is 12.3. The topological polar surface area (TPSA) is 72.7 Å². The molecule has 0 saturated carbocycles. The van der Waals surface area contributed by atoms with Gasteiger partial charge in [0.1, 0.15) is 17.5 Å². The minimum atomic E-state index is -0.505. The number of carbonyl (C=O) groups excluding carboxylic acids is 1. The van der Waals surface area contributed by atoms with Crippen LogP contribution in [0.4, 0.5) is 4.79 Å². The van der Waals surface area contributed by atoms with Crippen molar-refractivity contribution in [1.29, 1.82) is 0 Å². The normalized spacial score (nSPS) is 17.2. The highest BCUT2D eigenvalue weighted by Crippen LogP contribution is 2.25. The average molecular weight is 458 g/mol. The maximum Gasteiger partial charge on any atom is 0.410 e. The van der Waals surface area contributed by atoms with Crippen LogP contribution in [0.3, 0.4) is 0 Å². The Morgan fingerprint density at radius 3 is 2.76 bits per heavy atom. The van der Waals surface area contributed by atoms with E-state index in [4.69, 9.17) is 19.6 Å². The first-order valence-corrected chi connectivity index (χ1v) is 11.9. The number of carbonyl (C=O) groups is 1. The van der Waals surface area contributed by atoms with Gasteiger partial charge in [0.2, 0.25) is 0 Å². The van der Waals surface area contributed by atoms with Gasteiger partial charge < -0.3 is 19.3 Å². The molecule has 182 valence electrons. The summed E-state index contributed by atoms with van der Waals surface area (Å²) < 4.78 is 13.5. The van der Waals surface area contributed by atoms with E-state index in [1.165, 1.54) is 11.1 Å². The molecule has 1 fully saturated rings. The fraction of sp³-hybridized carbons (Fsp3) is 0.640. The van der Waals surface area contributed by atoms with Gasteiger partial charge in [-0.15, -0.1) is 5.10 Å². The second-order valence-electron chi connectivity index (χ2n) is 9.86. The van der Waals surface area contributed by atoms with Gasteiger partial charge in [0.15, 0.2) is 5.82 Å². The molecule has 1 atom stereocenters. The number of rotatable bonds is 7. The number of nitrogens with zero attached hydrogens (tertiary/aromatic N) is 5. The van der Waals surface area contributed by atoms with E-state index >= 15 is 0 Å². The summed E-state index contributed by atoms with van der Waals surface area (Å²) in [6.45, 7) is 12.8. The van der Waals surface area contributed by atoms with E-state index in [0.29, 0.717) is 19.6 Å². The summed E-state index contributed by atoms with van der Waals surface area (Å²) >= 11 is 0. The molecule has 1 amide bonds. The predicted molar refractivity (Wildman–Crippen MR) is 129 cm³/mol. The summed E-state index contributed by atoms with van der Waals surface area (Å²) in [6.07, 6.45) is 1.92. The highest BCUT2D eigenvalue weighted by Gasteiger charge is 2.26. The zero-order chi connectivity index (χ0) is 24.2. The van der Waals surface area contributed by atoms with Crippen LogP contribution in [0.1, 0.15) is 63.0 Å². The third-order valence-electron chi connectivity index (χ3n) is 5.76. The van der Waals surface area contributed by atoms with E-state index in [0.717, 1.165) is 43.3 Å². The van der Waals surface area contributed by atoms with Gasteiger partial charge >= 0.3 is 6.09 Å². The quantitative estimate of drug-likeness (QED) is 0.627. The zero-order valence-electron chi connectivity index (χ0n) is 21.2. The number of amides is 1. The first kappa shape index (κ1) is 25.2. The molecule has 2 heterocycles. The van der Waals surface area contributed by atoms with Crippen molar-refractivity contribution in [2.75, 3.05) is 40.3 Å². The summed E-state index contributed by atoms with van der Waals surface area (Å²) in [6, 6.07) is 6.35. The number of aryl methyl sites for hydroxylation is 3. The Kier molecular flexibility index (Phi) is 8.13. The summed E-state index contributed by atoms with van der Waals surface area (Å²) in [5.74, 6) is 1.62. The first-order chi connectivity index (χ1) is 15.6. The van der Waals surface area contributed by atoms with Crippen molar-refractivity contribution in [3.05, 3.63) is 41.0 Å². The number of likely N-dealkylation sites (N-methyl/N-ethyl adjacent to an activating group) is 1. The standard InChI is InChI=1S/C25H39N5O3/c1-8-19-12-9-11-18(2)22(19)30-21(13-10-14-29(7)24(31)33-25(3,4)5)26-23(27-30)20-17-28(6)15-16-32-20/h9,11-12,20H,8,10,13-17H2,1-7H3. The van der Waals surface area contributed by atoms with E-state index in [9.17, 15) is 4.79 Å². The van der Waals surface area contributed by atoms with Crippen molar-refractivity contribution in [3.63, 3.8) is 0 Å². The summed E-state index contributed by atoms with van der Waals surface area (Å²) in [5.41, 5.74) is 2.99. The summed E-state index contributed by atoms with van der Waals surface area (Å²) in [5, 5.41) is 4.94. The summed E-state index contributed by atoms with van der Waals surface area (Å²) in [7, 11) is 3.86. The lowest BCUT2D eigenvalue weighted by Crippen LogP contribution is -2.35. The number of para-hydroxylation sites is 1. The van der Waals surface area contributed by atoms with Gasteiger partial charge in [0.25, 0.3) is 0 Å². The van der Waals surface area contributed by atoms with E-state index < -0.39 is 5.60 Å². The molecule has 3 rings (SSSR count). The molecule has 1 aliphatic heterocycles. The smallest absolute Gasteiger partial charge is 0.410 e. The van der Waals surface area contributed by atoms with Gasteiger partial charge in [-0.05, 0) is 58.7 Å². The number of morpholine rings is 1. The molecule has 1 aromatic heterocycles. The van der Waals surface area contributed by atoms with E-state index in [1.807, 2.05) is 25.5 Å². The molecular weight excluding hydrogens is 418 g/mol. The molecule has 0 radical (unpaired) electrons. The second-order valence-corrected chi connectivity index (χ2v) is 9.86. The highest BCUT2D eigenvalue weighted by molar-refractivity contribution is 5.67. The molecule has 33 heavy (non-hydrogen) atoms. The number of ether oxygens (including phenoxy) is 2. The van der Waals surface area contributed by atoms with Gasteiger partial charge in [0.05, 0.1) is 12.3 Å². The molecule has 1 saturated heterocycles. The number of hydrogen-bond acceptors (Lipinski definition) is 6. The van der Waals surface area contributed by atoms with Crippen LogP contribution in [0.25, 0.3) is 5.69 Å². The van der Waals surface area contributed by atoms with Gasteiger partial charge in [-0.2, -0.15) is 0 Å². The molecule has 0 spiro atoms. The zero-order valence-corrected chi connectivity index (χ0v) is 21.2. The van der Waals surface area contributed by atoms with Crippen molar-refractivity contribution in [2.45, 2.75) is 65.6 Å². The minimum Gasteiger partial charge on any atom is -0.444 e. The molecule has 0 aliphatic carbocycles. The lowest BCUT2D eigenvalue weighted by molar-refractivity contribution is -0.0254. The fourth-order valence-electron chi connectivity index (χ4n) is 3.99. The Morgan fingerprint density at radius 1 is 1.33 bits per heavy atom. The number of hydrogen-bond donors (Lipinski definition) is 0. The molecule has 0 bridgehead atoms. The number of benzene rings is 1. The Labute approximate surface area is 197 Å². The molecule has 8 heteroatoms. The van der Waals surface area contributed by atoms with E-state index in [2.05, 4.69) is 44.0 Å². The third-order valence-corrected chi connectivity index (χ3v) is 5.76. The minimum absolute atomic E-state index is 0.137. The van der Waals surface area contributed by atoms with Crippen molar-refractivity contribution < 1.29 is 14.3 Å². The van der Waals surface area contributed by atoms with Gasteiger partial charge in [-0.25, -0.2) is 14.5 Å². The molecule has 1 aromatic carbocycles. The lowest BCUT2D eigenvalue weighted by Gasteiger charge is -2.28. The Balaban J connectivity index is 1.83. The molecule has 2 aromatic rings. The average Bonchev–Trinajstić information content (AvgIpc) is 3.15. The van der Waals surface area contributed by atoms with Crippen LogP contribution in [0.15, 0.2) is 18.2 Å². The molecular formula is C25H39N5O3. The molecule has 1 aliphatic rings. The van der Waals surface area contributed by atoms with Crippen LogP contribution in [0.2, 0.25) is 0 Å². The first-order valence-electron chi connectivity index (χ1n) is 11.9. The van der Waals surface area contributed by atoms with Crippen LogP contribution in [-0.4, -0.2) is 76.6 Å². The number of aromatic nitrogens is 3. The van der Waals surface area contributed by atoms with Crippen molar-refractivity contribution in [1.82, 2.24) is 24.6 Å². The SMILES string of the molecule is CCc1cccc(C)c1-n1nc(C2CN(C)CCO2)nc1CCCN(C)C(=O)OC(C)(C)C. The van der Waals surface area contributed by atoms with Crippen molar-refractivity contribution in [3.8, 4) is 5.69 Å². The molecule has 0 N–H and O–H groups in total. The monoisotopic (exact) mass is 457 g/mol. The van der Waals surface area contributed by atoms with Gasteiger partial charge in [0, 0.05) is 33.1 Å². The Hall–Kier alpha value is -2.45. The largest absolute Gasteiger partial charge is 0.444 e. The van der Waals surface area contributed by atoms with E-state index in [1.54, 1.807) is 11.9 Å². The van der Waals surface area contributed by atoms with Crippen molar-refractivity contribution >= 4 is 6.09 Å². The Morgan fingerprint density at radius 2 is 2.09 bits per heavy atom. The van der Waals surface area contributed by atoms with Crippen LogP contribution >= 0.6 is 0 Å². The van der Waals surface area contributed by atoms with Crippen LogP contribution in [0.5, 0.6) is 0 Å². The Bertz CT molecular complexity index is 950. The van der Waals surface area contributed by atoms with Crippen LogP contribution in [-0.2, 0) is 22.3 Å². The van der Waals surface area contributed by atoms with Crippen molar-refractivity contribution in [2.24, 2.45) is 0 Å². The fourth-order valence-corrected chi connectivity index (χ4v) is 3.99. The predicted octanol–water partition coefficient (Wildman–Crippen LogP) is 3.94. The van der Waals surface area contributed by atoms with Gasteiger partial charge in [-0.1, -0.05) is 25.1 Å². The van der Waals surface area contributed by atoms with E-state index in [-0.39, 0.29) is 12.2 Å². The maximum atomic E-state index is 12.3. The molecule has 1 unspecified atom stereocenters. The highest BCUT2D eigenvalue weighted by atomic mass is 16.6. The second kappa shape index (κ2) is 10.7. The summed E-state index contributed by atoms with van der Waals surface area (Å²) in [4.78, 5) is 21.1. The van der Waals surface area contributed by atoms with Crippen LogP contribution < -0.4 is 0 Å². The third kappa shape index (κ3) is 6.54. The van der Waals surface area contributed by atoms with Crippen LogP contribution in [0, 0.1) is 6.92 Å². The molecule has 8 nitrogen and oxygen atoms in total. The lowest BCUT2D eigenvalue weighted by atomic mass is 10.1. The van der Waals surface area contributed by atoms with Gasteiger partial charge in [-0.3, -0.25) is 0 Å².